The molecule has 0 aromatic heterocycles. The second kappa shape index (κ2) is 6.61. The molecule has 1 saturated carbocycles. The van der Waals surface area contributed by atoms with E-state index in [2.05, 4.69) is 17.3 Å². The summed E-state index contributed by atoms with van der Waals surface area (Å²) in [5.74, 6) is 1.07. The van der Waals surface area contributed by atoms with Crippen molar-refractivity contribution in [2.24, 2.45) is 5.92 Å². The summed E-state index contributed by atoms with van der Waals surface area (Å²) in [6.45, 7) is 3.76. The third-order valence-corrected chi connectivity index (χ3v) is 4.53. The van der Waals surface area contributed by atoms with Crippen molar-refractivity contribution >= 4 is 0 Å². The van der Waals surface area contributed by atoms with Gasteiger partial charge in [0.25, 0.3) is 0 Å². The topological polar surface area (TPSA) is 15.3 Å². The van der Waals surface area contributed by atoms with Gasteiger partial charge in [0.2, 0.25) is 0 Å². The molecule has 0 amide bonds. The van der Waals surface area contributed by atoms with Gasteiger partial charge in [-0.05, 0) is 58.3 Å². The molecular weight excluding hydrogens is 196 g/mol. The quantitative estimate of drug-likeness (QED) is 0.772. The third kappa shape index (κ3) is 3.74. The van der Waals surface area contributed by atoms with E-state index < -0.39 is 0 Å². The molecule has 1 aliphatic carbocycles. The van der Waals surface area contributed by atoms with Gasteiger partial charge in [-0.1, -0.05) is 25.7 Å². The first-order chi connectivity index (χ1) is 7.86. The predicted octanol–water partition coefficient (Wildman–Crippen LogP) is 2.64. The molecule has 2 heteroatoms. The zero-order valence-electron chi connectivity index (χ0n) is 10.9. The molecule has 2 nitrogen and oxygen atoms in total. The van der Waals surface area contributed by atoms with Crippen LogP contribution in [0.4, 0.5) is 0 Å². The third-order valence-electron chi connectivity index (χ3n) is 4.53. The molecule has 2 aliphatic rings. The summed E-state index contributed by atoms with van der Waals surface area (Å²) in [5, 5.41) is 3.44. The van der Waals surface area contributed by atoms with E-state index in [9.17, 15) is 0 Å². The molecule has 0 radical (unpaired) electrons. The van der Waals surface area contributed by atoms with Crippen LogP contribution in [0.15, 0.2) is 0 Å². The molecule has 1 saturated heterocycles. The fourth-order valence-electron chi connectivity index (χ4n) is 3.36. The smallest absolute Gasteiger partial charge is 0.0116 e. The maximum Gasteiger partial charge on any atom is 0.0116 e. The lowest BCUT2D eigenvalue weighted by molar-refractivity contribution is 0.192. The van der Waals surface area contributed by atoms with Gasteiger partial charge in [0.1, 0.15) is 0 Å². The number of nitrogens with one attached hydrogen (secondary N) is 1. The molecule has 2 fully saturated rings. The van der Waals surface area contributed by atoms with Crippen LogP contribution in [0.25, 0.3) is 0 Å². The van der Waals surface area contributed by atoms with Gasteiger partial charge in [-0.15, -0.1) is 0 Å². The van der Waals surface area contributed by atoms with Gasteiger partial charge < -0.3 is 10.2 Å². The lowest BCUT2D eigenvalue weighted by atomic mass is 10.0. The van der Waals surface area contributed by atoms with E-state index in [1.807, 2.05) is 0 Å². The minimum absolute atomic E-state index is 0.852. The Morgan fingerprint density at radius 3 is 2.44 bits per heavy atom. The fraction of sp³-hybridized carbons (Fsp3) is 1.00. The summed E-state index contributed by atoms with van der Waals surface area (Å²) in [6.07, 6.45) is 11.6. The summed E-state index contributed by atoms with van der Waals surface area (Å²) >= 11 is 0. The average molecular weight is 224 g/mol. The molecule has 1 heterocycles. The van der Waals surface area contributed by atoms with Crippen LogP contribution < -0.4 is 5.32 Å². The number of rotatable bonds is 5. The number of nitrogens with zero attached hydrogens (tertiary/aromatic N) is 1. The van der Waals surface area contributed by atoms with Crippen molar-refractivity contribution in [2.45, 2.75) is 57.4 Å². The van der Waals surface area contributed by atoms with Gasteiger partial charge in [-0.3, -0.25) is 0 Å². The standard InChI is InChI=1S/C14H28N2/c1-16(14-8-10-15-11-9-14)12-4-7-13-5-2-3-6-13/h13-15H,2-12H2,1H3. The molecule has 0 aromatic rings. The van der Waals surface area contributed by atoms with Crippen molar-refractivity contribution in [1.29, 1.82) is 0 Å². The van der Waals surface area contributed by atoms with Gasteiger partial charge in [0.15, 0.2) is 0 Å². The van der Waals surface area contributed by atoms with Crippen LogP contribution in [0.3, 0.4) is 0 Å². The highest BCUT2D eigenvalue weighted by Gasteiger charge is 2.18. The molecule has 2 rings (SSSR count). The fourth-order valence-corrected chi connectivity index (χ4v) is 3.36. The van der Waals surface area contributed by atoms with E-state index >= 15 is 0 Å². The first-order valence-electron chi connectivity index (χ1n) is 7.27. The van der Waals surface area contributed by atoms with Gasteiger partial charge in [-0.25, -0.2) is 0 Å². The minimum Gasteiger partial charge on any atom is -0.317 e. The molecule has 94 valence electrons. The first-order valence-corrected chi connectivity index (χ1v) is 7.27. The zero-order valence-corrected chi connectivity index (χ0v) is 10.9. The van der Waals surface area contributed by atoms with E-state index in [0.717, 1.165) is 12.0 Å². The Morgan fingerprint density at radius 1 is 1.06 bits per heavy atom. The van der Waals surface area contributed by atoms with E-state index in [0.29, 0.717) is 0 Å². The van der Waals surface area contributed by atoms with Crippen LogP contribution in [0.1, 0.15) is 51.4 Å². The first kappa shape index (κ1) is 12.4. The van der Waals surface area contributed by atoms with Crippen LogP contribution in [-0.2, 0) is 0 Å². The second-order valence-corrected chi connectivity index (χ2v) is 5.75. The highest BCUT2D eigenvalue weighted by Crippen LogP contribution is 2.28. The lowest BCUT2D eigenvalue weighted by Gasteiger charge is -2.31. The van der Waals surface area contributed by atoms with Crippen LogP contribution >= 0.6 is 0 Å². The monoisotopic (exact) mass is 224 g/mol. The predicted molar refractivity (Wildman–Crippen MR) is 69.7 cm³/mol. The van der Waals surface area contributed by atoms with Crippen molar-refractivity contribution in [3.8, 4) is 0 Å². The Hall–Kier alpha value is -0.0800. The van der Waals surface area contributed by atoms with Crippen molar-refractivity contribution in [3.63, 3.8) is 0 Å². The Balaban J connectivity index is 1.57. The van der Waals surface area contributed by atoms with Crippen LogP contribution in [0.2, 0.25) is 0 Å². The van der Waals surface area contributed by atoms with Gasteiger partial charge in [0.05, 0.1) is 0 Å². The molecule has 1 aliphatic heterocycles. The Bertz CT molecular complexity index is 181. The normalized spacial score (nSPS) is 24.4. The van der Waals surface area contributed by atoms with Crippen molar-refractivity contribution < 1.29 is 0 Å². The number of piperidine rings is 1. The van der Waals surface area contributed by atoms with E-state index in [-0.39, 0.29) is 0 Å². The van der Waals surface area contributed by atoms with E-state index in [4.69, 9.17) is 0 Å². The molecule has 0 bridgehead atoms. The largest absolute Gasteiger partial charge is 0.317 e. The summed E-state index contributed by atoms with van der Waals surface area (Å²) in [7, 11) is 2.32. The zero-order chi connectivity index (χ0) is 11.2. The summed E-state index contributed by atoms with van der Waals surface area (Å²) in [5.41, 5.74) is 0. The second-order valence-electron chi connectivity index (χ2n) is 5.75. The van der Waals surface area contributed by atoms with Gasteiger partial charge in [-0.2, -0.15) is 0 Å². The van der Waals surface area contributed by atoms with Crippen LogP contribution in [-0.4, -0.2) is 37.6 Å². The van der Waals surface area contributed by atoms with Crippen molar-refractivity contribution in [2.75, 3.05) is 26.7 Å². The van der Waals surface area contributed by atoms with Gasteiger partial charge >= 0.3 is 0 Å². The number of hydrogen-bond acceptors (Lipinski definition) is 2. The molecule has 1 N–H and O–H groups in total. The number of hydrogen-bond donors (Lipinski definition) is 1. The SMILES string of the molecule is CN(CCCC1CCCC1)C1CCNCC1. The Kier molecular flexibility index (Phi) is 5.11. The summed E-state index contributed by atoms with van der Waals surface area (Å²) in [6, 6.07) is 0.852. The summed E-state index contributed by atoms with van der Waals surface area (Å²) in [4.78, 5) is 2.61. The van der Waals surface area contributed by atoms with Crippen LogP contribution in [0.5, 0.6) is 0 Å². The molecule has 0 aromatic carbocycles. The Morgan fingerprint density at radius 2 is 1.75 bits per heavy atom. The average Bonchev–Trinajstić information content (AvgIpc) is 2.83. The minimum atomic E-state index is 0.852. The molecule has 0 unspecified atom stereocenters. The molecule has 0 atom stereocenters. The maximum absolute atomic E-state index is 3.44. The van der Waals surface area contributed by atoms with Crippen molar-refractivity contribution in [1.82, 2.24) is 10.2 Å². The molecule has 16 heavy (non-hydrogen) atoms. The molecule has 0 spiro atoms. The summed E-state index contributed by atoms with van der Waals surface area (Å²) < 4.78 is 0. The highest BCUT2D eigenvalue weighted by atomic mass is 15.1. The van der Waals surface area contributed by atoms with Gasteiger partial charge in [0, 0.05) is 6.04 Å². The van der Waals surface area contributed by atoms with Crippen LogP contribution in [0, 0.1) is 5.92 Å². The highest BCUT2D eigenvalue weighted by molar-refractivity contribution is 4.76. The van der Waals surface area contributed by atoms with Crippen molar-refractivity contribution in [3.05, 3.63) is 0 Å². The maximum atomic E-state index is 3.44. The van der Waals surface area contributed by atoms with E-state index in [1.165, 1.54) is 71.0 Å². The van der Waals surface area contributed by atoms with E-state index in [1.54, 1.807) is 0 Å². The molecular formula is C14H28N2. The Labute approximate surface area is 101 Å². The lowest BCUT2D eigenvalue weighted by Crippen LogP contribution is -2.41.